The molecule has 2 rings (SSSR count). The van der Waals surface area contributed by atoms with Crippen LogP contribution in [0.1, 0.15) is 27.0 Å². The van der Waals surface area contributed by atoms with E-state index in [0.29, 0.717) is 12.0 Å². The fourth-order valence-corrected chi connectivity index (χ4v) is 1.83. The number of ether oxygens (including phenoxy) is 1. The monoisotopic (exact) mass is 201 g/mol. The Morgan fingerprint density at radius 1 is 1.47 bits per heavy atom. The number of benzene rings is 1. The Morgan fingerprint density at radius 2 is 2.20 bits per heavy atom. The standard InChI is InChI=1S/C12H11NO2/c1-7-3-4-9-5-10(6-13)15-12(14)11(9)8(7)2/h3-4,10H,5H2,1-2H3. The number of fused-ring (bicyclic) bond motifs is 1. The van der Waals surface area contributed by atoms with E-state index >= 15 is 0 Å². The van der Waals surface area contributed by atoms with Crippen molar-refractivity contribution in [3.05, 3.63) is 34.4 Å². The van der Waals surface area contributed by atoms with Crippen LogP contribution in [0.25, 0.3) is 0 Å². The number of hydrogen-bond donors (Lipinski definition) is 0. The van der Waals surface area contributed by atoms with Gasteiger partial charge < -0.3 is 4.74 Å². The van der Waals surface area contributed by atoms with Gasteiger partial charge in [-0.1, -0.05) is 12.1 Å². The van der Waals surface area contributed by atoms with Gasteiger partial charge in [0.25, 0.3) is 0 Å². The lowest BCUT2D eigenvalue weighted by atomic mass is 9.92. The molecule has 0 spiro atoms. The second kappa shape index (κ2) is 3.39. The normalized spacial score (nSPS) is 19.0. The zero-order valence-electron chi connectivity index (χ0n) is 8.70. The van der Waals surface area contributed by atoms with E-state index in [4.69, 9.17) is 10.00 Å². The maximum atomic E-state index is 11.7. The first-order valence-electron chi connectivity index (χ1n) is 4.83. The Hall–Kier alpha value is -1.82. The molecule has 1 atom stereocenters. The van der Waals surface area contributed by atoms with Crippen molar-refractivity contribution in [2.75, 3.05) is 0 Å². The first-order chi connectivity index (χ1) is 7.13. The maximum Gasteiger partial charge on any atom is 0.340 e. The van der Waals surface area contributed by atoms with E-state index in [0.717, 1.165) is 16.7 Å². The molecule has 0 radical (unpaired) electrons. The van der Waals surface area contributed by atoms with Crippen LogP contribution in [0.15, 0.2) is 12.1 Å². The van der Waals surface area contributed by atoms with Gasteiger partial charge in [-0.2, -0.15) is 5.26 Å². The number of cyclic esters (lactones) is 1. The Bertz CT molecular complexity index is 471. The fourth-order valence-electron chi connectivity index (χ4n) is 1.83. The number of hydrogen-bond acceptors (Lipinski definition) is 3. The van der Waals surface area contributed by atoms with Gasteiger partial charge in [0, 0.05) is 6.42 Å². The van der Waals surface area contributed by atoms with Crippen LogP contribution < -0.4 is 0 Å². The second-order valence-electron chi connectivity index (χ2n) is 3.77. The summed E-state index contributed by atoms with van der Waals surface area (Å²) in [5.41, 5.74) is 3.58. The molecule has 3 heteroatoms. The molecule has 76 valence electrons. The SMILES string of the molecule is Cc1ccc2c(c1C)C(=O)OC(C#N)C2. The van der Waals surface area contributed by atoms with E-state index in [9.17, 15) is 4.79 Å². The van der Waals surface area contributed by atoms with Crippen molar-refractivity contribution in [1.29, 1.82) is 5.26 Å². The molecule has 0 aliphatic carbocycles. The average Bonchev–Trinajstić information content (AvgIpc) is 2.23. The molecule has 1 aromatic carbocycles. The summed E-state index contributed by atoms with van der Waals surface area (Å²) in [5.74, 6) is -0.371. The smallest absolute Gasteiger partial charge is 0.340 e. The Balaban J connectivity index is 2.56. The van der Waals surface area contributed by atoms with Crippen LogP contribution in [-0.2, 0) is 11.2 Å². The summed E-state index contributed by atoms with van der Waals surface area (Å²) in [6.45, 7) is 3.86. The lowest BCUT2D eigenvalue weighted by molar-refractivity contribution is 0.0369. The summed E-state index contributed by atoms with van der Waals surface area (Å²) >= 11 is 0. The molecule has 15 heavy (non-hydrogen) atoms. The summed E-state index contributed by atoms with van der Waals surface area (Å²) < 4.78 is 5.00. The molecule has 1 heterocycles. The minimum atomic E-state index is -0.632. The van der Waals surface area contributed by atoms with Crippen molar-refractivity contribution in [3.63, 3.8) is 0 Å². The number of rotatable bonds is 0. The van der Waals surface area contributed by atoms with Crippen molar-refractivity contribution in [1.82, 2.24) is 0 Å². The molecule has 0 N–H and O–H groups in total. The molecule has 0 saturated heterocycles. The highest BCUT2D eigenvalue weighted by Crippen LogP contribution is 2.25. The van der Waals surface area contributed by atoms with Crippen LogP contribution in [0.5, 0.6) is 0 Å². The number of carbonyl (C=O) groups excluding carboxylic acids is 1. The van der Waals surface area contributed by atoms with Gasteiger partial charge in [0.05, 0.1) is 5.56 Å². The molecule has 0 saturated carbocycles. The highest BCUT2D eigenvalue weighted by molar-refractivity contribution is 5.94. The van der Waals surface area contributed by atoms with Crippen molar-refractivity contribution in [2.45, 2.75) is 26.4 Å². The van der Waals surface area contributed by atoms with E-state index in [-0.39, 0.29) is 5.97 Å². The molecule has 1 aliphatic heterocycles. The van der Waals surface area contributed by atoms with Crippen molar-refractivity contribution in [3.8, 4) is 6.07 Å². The zero-order chi connectivity index (χ0) is 11.0. The average molecular weight is 201 g/mol. The molecule has 0 fully saturated rings. The minimum absolute atomic E-state index is 0.371. The maximum absolute atomic E-state index is 11.7. The van der Waals surface area contributed by atoms with Gasteiger partial charge in [-0.15, -0.1) is 0 Å². The quantitative estimate of drug-likeness (QED) is 0.602. The Kier molecular flexibility index (Phi) is 2.20. The topological polar surface area (TPSA) is 50.1 Å². The summed E-state index contributed by atoms with van der Waals surface area (Å²) in [7, 11) is 0. The van der Waals surface area contributed by atoms with Crippen LogP contribution in [0.3, 0.4) is 0 Å². The third-order valence-electron chi connectivity index (χ3n) is 2.82. The molecule has 1 aliphatic rings. The number of nitrogens with zero attached hydrogens (tertiary/aromatic N) is 1. The number of aryl methyl sites for hydroxylation is 1. The summed E-state index contributed by atoms with van der Waals surface area (Å²) in [6, 6.07) is 5.84. The van der Waals surface area contributed by atoms with E-state index in [1.165, 1.54) is 0 Å². The molecule has 3 nitrogen and oxygen atoms in total. The fraction of sp³-hybridized carbons (Fsp3) is 0.333. The second-order valence-corrected chi connectivity index (χ2v) is 3.77. The van der Waals surface area contributed by atoms with Gasteiger partial charge in [-0.05, 0) is 30.5 Å². The molecule has 1 unspecified atom stereocenters. The predicted octanol–water partition coefficient (Wildman–Crippen LogP) is 1.91. The van der Waals surface area contributed by atoms with E-state index in [1.54, 1.807) is 0 Å². The predicted molar refractivity (Wildman–Crippen MR) is 54.4 cm³/mol. The highest BCUT2D eigenvalue weighted by atomic mass is 16.5. The van der Waals surface area contributed by atoms with Crippen molar-refractivity contribution < 1.29 is 9.53 Å². The lowest BCUT2D eigenvalue weighted by Gasteiger charge is -2.22. The third kappa shape index (κ3) is 1.48. The number of esters is 1. The van der Waals surface area contributed by atoms with E-state index in [2.05, 4.69) is 0 Å². The van der Waals surface area contributed by atoms with Gasteiger partial charge in [0.2, 0.25) is 0 Å². The number of nitriles is 1. The largest absolute Gasteiger partial charge is 0.443 e. The molecule has 0 aromatic heterocycles. The molecule has 0 bridgehead atoms. The van der Waals surface area contributed by atoms with Crippen molar-refractivity contribution >= 4 is 5.97 Å². The minimum Gasteiger partial charge on any atom is -0.443 e. The first-order valence-corrected chi connectivity index (χ1v) is 4.83. The van der Waals surface area contributed by atoms with E-state index in [1.807, 2.05) is 32.0 Å². The van der Waals surface area contributed by atoms with Crippen LogP contribution in [0.4, 0.5) is 0 Å². The number of carbonyl (C=O) groups is 1. The lowest BCUT2D eigenvalue weighted by Crippen LogP contribution is -2.27. The molecule has 0 amide bonds. The third-order valence-corrected chi connectivity index (χ3v) is 2.82. The van der Waals surface area contributed by atoms with Crippen LogP contribution in [0.2, 0.25) is 0 Å². The van der Waals surface area contributed by atoms with Gasteiger partial charge >= 0.3 is 5.97 Å². The summed E-state index contributed by atoms with van der Waals surface area (Å²) in [6.07, 6.45) is -0.134. The van der Waals surface area contributed by atoms with Crippen LogP contribution in [0, 0.1) is 25.2 Å². The van der Waals surface area contributed by atoms with Gasteiger partial charge in [0.15, 0.2) is 6.10 Å². The van der Waals surface area contributed by atoms with E-state index < -0.39 is 6.10 Å². The highest BCUT2D eigenvalue weighted by Gasteiger charge is 2.27. The van der Waals surface area contributed by atoms with Gasteiger partial charge in [-0.25, -0.2) is 4.79 Å². The Morgan fingerprint density at radius 3 is 2.87 bits per heavy atom. The molecular formula is C12H11NO2. The van der Waals surface area contributed by atoms with Crippen LogP contribution >= 0.6 is 0 Å². The van der Waals surface area contributed by atoms with Crippen molar-refractivity contribution in [2.24, 2.45) is 0 Å². The first kappa shape index (κ1) is 9.72. The Labute approximate surface area is 88.3 Å². The molecular weight excluding hydrogens is 190 g/mol. The van der Waals surface area contributed by atoms with Gasteiger partial charge in [0.1, 0.15) is 6.07 Å². The van der Waals surface area contributed by atoms with Crippen LogP contribution in [-0.4, -0.2) is 12.1 Å². The summed E-state index contributed by atoms with van der Waals surface area (Å²) in [5, 5.41) is 8.73. The molecule has 1 aromatic rings. The summed E-state index contributed by atoms with van der Waals surface area (Å²) in [4.78, 5) is 11.7. The van der Waals surface area contributed by atoms with Gasteiger partial charge in [-0.3, -0.25) is 0 Å². The zero-order valence-corrected chi connectivity index (χ0v) is 8.70.